The van der Waals surface area contributed by atoms with Gasteiger partial charge in [0.2, 0.25) is 5.91 Å². The van der Waals surface area contributed by atoms with Crippen LogP contribution in [0.2, 0.25) is 0 Å². The largest absolute Gasteiger partial charge is 0.491 e. The molecule has 116 valence electrons. The highest BCUT2D eigenvalue weighted by Crippen LogP contribution is 2.21. The third-order valence-electron chi connectivity index (χ3n) is 3.33. The van der Waals surface area contributed by atoms with E-state index < -0.39 is 0 Å². The van der Waals surface area contributed by atoms with Crippen molar-refractivity contribution in [2.24, 2.45) is 0 Å². The standard InChI is InChI=1S/C18H20BrNO2/c1-13-5-3-6-14(2)18(13)22-10-9-20-17(21)12-15-7-4-8-16(19)11-15/h3-8,11H,9-10,12H2,1-2H3,(H,20,21). The molecule has 0 spiro atoms. The quantitative estimate of drug-likeness (QED) is 0.794. The van der Waals surface area contributed by atoms with Crippen molar-refractivity contribution in [1.82, 2.24) is 5.32 Å². The summed E-state index contributed by atoms with van der Waals surface area (Å²) in [6.45, 7) is 5.01. The van der Waals surface area contributed by atoms with E-state index in [2.05, 4.69) is 21.2 Å². The number of nitrogens with one attached hydrogen (secondary N) is 1. The van der Waals surface area contributed by atoms with E-state index in [1.807, 2.05) is 56.3 Å². The molecule has 0 aliphatic heterocycles. The lowest BCUT2D eigenvalue weighted by Crippen LogP contribution is -2.29. The summed E-state index contributed by atoms with van der Waals surface area (Å²) in [5.41, 5.74) is 3.21. The van der Waals surface area contributed by atoms with Crippen molar-refractivity contribution >= 4 is 21.8 Å². The molecule has 0 fully saturated rings. The molecule has 0 aliphatic carbocycles. The number of halogens is 1. The van der Waals surface area contributed by atoms with Crippen molar-refractivity contribution in [3.63, 3.8) is 0 Å². The van der Waals surface area contributed by atoms with E-state index in [9.17, 15) is 4.79 Å². The highest BCUT2D eigenvalue weighted by atomic mass is 79.9. The zero-order chi connectivity index (χ0) is 15.9. The van der Waals surface area contributed by atoms with Gasteiger partial charge in [0.05, 0.1) is 13.0 Å². The first-order valence-corrected chi connectivity index (χ1v) is 8.05. The second-order valence-corrected chi connectivity index (χ2v) is 6.14. The highest BCUT2D eigenvalue weighted by molar-refractivity contribution is 9.10. The maximum Gasteiger partial charge on any atom is 0.224 e. The number of carbonyl (C=O) groups is 1. The lowest BCUT2D eigenvalue weighted by atomic mass is 10.1. The van der Waals surface area contributed by atoms with Crippen molar-refractivity contribution in [2.75, 3.05) is 13.2 Å². The molecule has 0 atom stereocenters. The number of hydrogen-bond donors (Lipinski definition) is 1. The maximum absolute atomic E-state index is 11.9. The molecule has 0 aliphatic rings. The smallest absolute Gasteiger partial charge is 0.224 e. The first kappa shape index (κ1) is 16.6. The van der Waals surface area contributed by atoms with Crippen molar-refractivity contribution in [1.29, 1.82) is 0 Å². The van der Waals surface area contributed by atoms with Crippen LogP contribution in [-0.2, 0) is 11.2 Å². The topological polar surface area (TPSA) is 38.3 Å². The Kier molecular flexibility index (Phi) is 6.01. The Bertz CT molecular complexity index is 635. The van der Waals surface area contributed by atoms with Gasteiger partial charge < -0.3 is 10.1 Å². The summed E-state index contributed by atoms with van der Waals surface area (Å²) < 4.78 is 6.75. The van der Waals surface area contributed by atoms with Crippen molar-refractivity contribution < 1.29 is 9.53 Å². The molecule has 1 N–H and O–H groups in total. The predicted molar refractivity (Wildman–Crippen MR) is 92.3 cm³/mol. The lowest BCUT2D eigenvalue weighted by molar-refractivity contribution is -0.120. The Morgan fingerprint density at radius 3 is 2.50 bits per heavy atom. The monoisotopic (exact) mass is 361 g/mol. The second-order valence-electron chi connectivity index (χ2n) is 5.23. The summed E-state index contributed by atoms with van der Waals surface area (Å²) in [7, 11) is 0. The fourth-order valence-corrected chi connectivity index (χ4v) is 2.71. The summed E-state index contributed by atoms with van der Waals surface area (Å²) in [4.78, 5) is 11.9. The molecule has 0 aromatic heterocycles. The van der Waals surface area contributed by atoms with Crippen LogP contribution in [0.3, 0.4) is 0 Å². The molecule has 0 unspecified atom stereocenters. The second kappa shape index (κ2) is 7.99. The van der Waals surface area contributed by atoms with E-state index in [1.165, 1.54) is 0 Å². The van der Waals surface area contributed by atoms with Gasteiger partial charge in [-0.05, 0) is 42.7 Å². The van der Waals surface area contributed by atoms with E-state index in [1.54, 1.807) is 0 Å². The Balaban J connectivity index is 1.76. The van der Waals surface area contributed by atoms with Crippen molar-refractivity contribution in [2.45, 2.75) is 20.3 Å². The van der Waals surface area contributed by atoms with Crippen LogP contribution in [0.1, 0.15) is 16.7 Å². The minimum Gasteiger partial charge on any atom is -0.491 e. The molecule has 0 saturated heterocycles. The summed E-state index contributed by atoms with van der Waals surface area (Å²) in [6.07, 6.45) is 0.378. The van der Waals surface area contributed by atoms with Gasteiger partial charge in [-0.3, -0.25) is 4.79 Å². The molecule has 0 heterocycles. The van der Waals surface area contributed by atoms with Gasteiger partial charge in [-0.1, -0.05) is 46.3 Å². The lowest BCUT2D eigenvalue weighted by Gasteiger charge is -2.12. The molecule has 1 amide bonds. The van der Waals surface area contributed by atoms with E-state index in [-0.39, 0.29) is 5.91 Å². The highest BCUT2D eigenvalue weighted by Gasteiger charge is 2.05. The summed E-state index contributed by atoms with van der Waals surface area (Å²) in [5, 5.41) is 2.88. The van der Waals surface area contributed by atoms with E-state index >= 15 is 0 Å². The van der Waals surface area contributed by atoms with Crippen LogP contribution in [0.25, 0.3) is 0 Å². The van der Waals surface area contributed by atoms with Crippen LogP contribution in [0.4, 0.5) is 0 Å². The molecule has 2 aromatic carbocycles. The maximum atomic E-state index is 11.9. The Morgan fingerprint density at radius 1 is 1.14 bits per heavy atom. The van der Waals surface area contributed by atoms with Crippen LogP contribution in [0.5, 0.6) is 5.75 Å². The molecule has 22 heavy (non-hydrogen) atoms. The van der Waals surface area contributed by atoms with Gasteiger partial charge in [-0.15, -0.1) is 0 Å². The van der Waals surface area contributed by atoms with Crippen LogP contribution in [0, 0.1) is 13.8 Å². The first-order chi connectivity index (χ1) is 10.6. The van der Waals surface area contributed by atoms with E-state index in [4.69, 9.17) is 4.74 Å². The zero-order valence-corrected chi connectivity index (χ0v) is 14.4. The third kappa shape index (κ3) is 4.88. The number of hydrogen-bond acceptors (Lipinski definition) is 2. The van der Waals surface area contributed by atoms with Crippen LogP contribution < -0.4 is 10.1 Å². The van der Waals surface area contributed by atoms with Crippen LogP contribution >= 0.6 is 15.9 Å². The number of rotatable bonds is 6. The first-order valence-electron chi connectivity index (χ1n) is 7.26. The molecule has 4 heteroatoms. The normalized spacial score (nSPS) is 10.3. The SMILES string of the molecule is Cc1cccc(C)c1OCCNC(=O)Cc1cccc(Br)c1. The molecule has 2 aromatic rings. The number of carbonyl (C=O) groups excluding carboxylic acids is 1. The van der Waals surface area contributed by atoms with Gasteiger partial charge in [0.25, 0.3) is 0 Å². The van der Waals surface area contributed by atoms with E-state index in [0.717, 1.165) is 26.9 Å². The molecular weight excluding hydrogens is 342 g/mol. The molecular formula is C18H20BrNO2. The van der Waals surface area contributed by atoms with Gasteiger partial charge in [0, 0.05) is 4.47 Å². The molecule has 0 saturated carbocycles. The minimum absolute atomic E-state index is 0.00297. The zero-order valence-electron chi connectivity index (χ0n) is 12.9. The molecule has 2 rings (SSSR count). The molecule has 0 bridgehead atoms. The van der Waals surface area contributed by atoms with Gasteiger partial charge >= 0.3 is 0 Å². The average Bonchev–Trinajstić information content (AvgIpc) is 2.46. The summed E-state index contributed by atoms with van der Waals surface area (Å²) in [6, 6.07) is 13.8. The average molecular weight is 362 g/mol. The van der Waals surface area contributed by atoms with Gasteiger partial charge in [-0.25, -0.2) is 0 Å². The predicted octanol–water partition coefficient (Wildman–Crippen LogP) is 3.80. The fourth-order valence-electron chi connectivity index (χ4n) is 2.27. The Hall–Kier alpha value is -1.81. The number of benzene rings is 2. The fraction of sp³-hybridized carbons (Fsp3) is 0.278. The van der Waals surface area contributed by atoms with Gasteiger partial charge in [0.1, 0.15) is 12.4 Å². The van der Waals surface area contributed by atoms with Gasteiger partial charge in [0.15, 0.2) is 0 Å². The van der Waals surface area contributed by atoms with Crippen molar-refractivity contribution in [3.8, 4) is 5.75 Å². The number of amides is 1. The summed E-state index contributed by atoms with van der Waals surface area (Å²) in [5.74, 6) is 0.909. The Labute approximate surface area is 139 Å². The minimum atomic E-state index is 0.00297. The molecule has 0 radical (unpaired) electrons. The Morgan fingerprint density at radius 2 is 1.82 bits per heavy atom. The number of ether oxygens (including phenoxy) is 1. The van der Waals surface area contributed by atoms with Crippen LogP contribution in [0.15, 0.2) is 46.9 Å². The van der Waals surface area contributed by atoms with E-state index in [0.29, 0.717) is 19.6 Å². The van der Waals surface area contributed by atoms with Crippen molar-refractivity contribution in [3.05, 3.63) is 63.6 Å². The third-order valence-corrected chi connectivity index (χ3v) is 3.83. The number of aryl methyl sites for hydroxylation is 2. The molecule has 3 nitrogen and oxygen atoms in total. The summed E-state index contributed by atoms with van der Waals surface area (Å²) >= 11 is 3.40. The van der Waals surface area contributed by atoms with Gasteiger partial charge in [-0.2, -0.15) is 0 Å². The van der Waals surface area contributed by atoms with Crippen LogP contribution in [-0.4, -0.2) is 19.1 Å². The number of para-hydroxylation sites is 1.